The molecule has 2 rings (SSSR count). The number of nitrogens with zero attached hydrogens (tertiary/aromatic N) is 3. The van der Waals surface area contributed by atoms with Crippen LogP contribution in [-0.2, 0) is 9.84 Å². The van der Waals surface area contributed by atoms with E-state index in [1.54, 1.807) is 19.0 Å². The van der Waals surface area contributed by atoms with Crippen molar-refractivity contribution in [1.29, 1.82) is 0 Å². The molecule has 1 fully saturated rings. The van der Waals surface area contributed by atoms with Gasteiger partial charge in [-0.3, -0.25) is 10.1 Å². The first-order valence-electron chi connectivity index (χ1n) is 6.10. The molecule has 2 heterocycles. The van der Waals surface area contributed by atoms with Crippen LogP contribution in [0.3, 0.4) is 0 Å². The lowest BCUT2D eigenvalue weighted by Crippen LogP contribution is -2.33. The largest absolute Gasteiger partial charge is 0.373 e. The molecule has 0 spiro atoms. The maximum Gasteiger partial charge on any atom is 0.311 e. The van der Waals surface area contributed by atoms with E-state index >= 15 is 0 Å². The van der Waals surface area contributed by atoms with Crippen molar-refractivity contribution >= 4 is 27.2 Å². The standard InChI is InChI=1S/C11H16N4O4S/c1-12-10-4-3-9(15(16)17)11(13-10)14(2)8-5-6-20(18,19)7-8/h3-4,8H,5-7H2,1-2H3,(H,12,13). The fourth-order valence-electron chi connectivity index (χ4n) is 2.24. The zero-order valence-electron chi connectivity index (χ0n) is 11.2. The lowest BCUT2D eigenvalue weighted by molar-refractivity contribution is -0.384. The van der Waals surface area contributed by atoms with Crippen LogP contribution in [0.5, 0.6) is 0 Å². The molecule has 0 aliphatic carbocycles. The van der Waals surface area contributed by atoms with Gasteiger partial charge in [-0.1, -0.05) is 0 Å². The molecule has 110 valence electrons. The van der Waals surface area contributed by atoms with Crippen molar-refractivity contribution < 1.29 is 13.3 Å². The summed E-state index contributed by atoms with van der Waals surface area (Å²) in [6.07, 6.45) is 0.460. The number of anilines is 2. The molecule has 9 heteroatoms. The Morgan fingerprint density at radius 3 is 2.70 bits per heavy atom. The normalized spacial score (nSPS) is 20.6. The first-order chi connectivity index (χ1) is 9.34. The molecule has 1 saturated heterocycles. The fourth-order valence-corrected chi connectivity index (χ4v) is 4.01. The predicted molar refractivity (Wildman–Crippen MR) is 75.9 cm³/mol. The number of sulfone groups is 1. The van der Waals surface area contributed by atoms with Crippen LogP contribution in [0.15, 0.2) is 12.1 Å². The molecular weight excluding hydrogens is 284 g/mol. The van der Waals surface area contributed by atoms with E-state index < -0.39 is 14.8 Å². The Labute approximate surface area is 116 Å². The van der Waals surface area contributed by atoms with E-state index in [-0.39, 0.29) is 29.1 Å². The molecule has 1 aliphatic rings. The molecule has 1 aromatic rings. The molecule has 1 aliphatic heterocycles. The summed E-state index contributed by atoms with van der Waals surface area (Å²) >= 11 is 0. The van der Waals surface area contributed by atoms with Gasteiger partial charge in [-0.15, -0.1) is 0 Å². The van der Waals surface area contributed by atoms with E-state index in [0.29, 0.717) is 12.2 Å². The molecule has 1 N–H and O–H groups in total. The molecular formula is C11H16N4O4S. The third-order valence-corrected chi connectivity index (χ3v) is 5.15. The van der Waals surface area contributed by atoms with Crippen LogP contribution in [0.25, 0.3) is 0 Å². The summed E-state index contributed by atoms with van der Waals surface area (Å²) in [4.78, 5) is 16.3. The van der Waals surface area contributed by atoms with E-state index in [0.717, 1.165) is 0 Å². The molecule has 1 unspecified atom stereocenters. The molecule has 0 saturated carbocycles. The number of nitrogens with one attached hydrogen (secondary N) is 1. The van der Waals surface area contributed by atoms with Crippen LogP contribution in [-0.4, -0.2) is 50.0 Å². The van der Waals surface area contributed by atoms with Crippen molar-refractivity contribution in [1.82, 2.24) is 4.98 Å². The lowest BCUT2D eigenvalue weighted by Gasteiger charge is -2.24. The highest BCUT2D eigenvalue weighted by Crippen LogP contribution is 2.30. The van der Waals surface area contributed by atoms with Crippen molar-refractivity contribution in [2.75, 3.05) is 35.8 Å². The zero-order valence-corrected chi connectivity index (χ0v) is 12.1. The van der Waals surface area contributed by atoms with E-state index in [9.17, 15) is 18.5 Å². The van der Waals surface area contributed by atoms with Gasteiger partial charge in [-0.25, -0.2) is 13.4 Å². The Hall–Kier alpha value is -1.90. The Bertz CT molecular complexity index is 631. The molecule has 20 heavy (non-hydrogen) atoms. The first-order valence-corrected chi connectivity index (χ1v) is 7.92. The van der Waals surface area contributed by atoms with Crippen LogP contribution in [0.4, 0.5) is 17.3 Å². The molecule has 8 nitrogen and oxygen atoms in total. The van der Waals surface area contributed by atoms with E-state index in [1.165, 1.54) is 12.1 Å². The maximum atomic E-state index is 11.5. The van der Waals surface area contributed by atoms with Crippen molar-refractivity contribution in [2.45, 2.75) is 12.5 Å². The number of nitro groups is 1. The summed E-state index contributed by atoms with van der Waals surface area (Å²) in [5.74, 6) is 0.801. The van der Waals surface area contributed by atoms with Gasteiger partial charge >= 0.3 is 5.69 Å². The molecule has 1 aromatic heterocycles. The molecule has 0 bridgehead atoms. The predicted octanol–water partition coefficient (Wildman–Crippen LogP) is 0.655. The summed E-state index contributed by atoms with van der Waals surface area (Å²) in [5, 5.41) is 13.9. The van der Waals surface area contributed by atoms with Crippen LogP contribution in [0.1, 0.15) is 6.42 Å². The quantitative estimate of drug-likeness (QED) is 0.643. The van der Waals surface area contributed by atoms with Crippen molar-refractivity contribution in [2.24, 2.45) is 0 Å². The monoisotopic (exact) mass is 300 g/mol. The highest BCUT2D eigenvalue weighted by molar-refractivity contribution is 7.91. The average Bonchev–Trinajstić information content (AvgIpc) is 2.77. The minimum atomic E-state index is -3.05. The minimum Gasteiger partial charge on any atom is -0.373 e. The van der Waals surface area contributed by atoms with Crippen LogP contribution >= 0.6 is 0 Å². The topological polar surface area (TPSA) is 105 Å². The Morgan fingerprint density at radius 2 is 2.20 bits per heavy atom. The second-order valence-electron chi connectivity index (χ2n) is 4.71. The molecule has 0 amide bonds. The fraction of sp³-hybridized carbons (Fsp3) is 0.545. The maximum absolute atomic E-state index is 11.5. The Balaban J connectivity index is 2.37. The Morgan fingerprint density at radius 1 is 1.50 bits per heavy atom. The third kappa shape index (κ3) is 2.82. The van der Waals surface area contributed by atoms with Gasteiger partial charge in [0, 0.05) is 26.2 Å². The SMILES string of the molecule is CNc1ccc([N+](=O)[O-])c(N(C)C2CCS(=O)(=O)C2)n1. The van der Waals surface area contributed by atoms with Gasteiger partial charge in [0.15, 0.2) is 9.84 Å². The van der Waals surface area contributed by atoms with Crippen molar-refractivity contribution in [3.63, 3.8) is 0 Å². The summed E-state index contributed by atoms with van der Waals surface area (Å²) in [6, 6.07) is 2.60. The third-order valence-electron chi connectivity index (χ3n) is 3.40. The van der Waals surface area contributed by atoms with Gasteiger partial charge in [0.2, 0.25) is 5.82 Å². The van der Waals surface area contributed by atoms with Gasteiger partial charge in [-0.2, -0.15) is 0 Å². The van der Waals surface area contributed by atoms with Gasteiger partial charge in [0.05, 0.1) is 16.4 Å². The van der Waals surface area contributed by atoms with Crippen LogP contribution in [0.2, 0.25) is 0 Å². The molecule has 1 atom stereocenters. The van der Waals surface area contributed by atoms with E-state index in [2.05, 4.69) is 10.3 Å². The summed E-state index contributed by atoms with van der Waals surface area (Å²) in [5.41, 5.74) is -0.129. The second kappa shape index (κ2) is 5.23. The average molecular weight is 300 g/mol. The van der Waals surface area contributed by atoms with Crippen molar-refractivity contribution in [3.05, 3.63) is 22.2 Å². The molecule has 0 radical (unpaired) electrons. The summed E-state index contributed by atoms with van der Waals surface area (Å²) in [6.45, 7) is 0. The number of hydrogen-bond donors (Lipinski definition) is 1. The number of aromatic nitrogens is 1. The van der Waals surface area contributed by atoms with Gasteiger partial charge in [-0.05, 0) is 12.5 Å². The van der Waals surface area contributed by atoms with Gasteiger partial charge < -0.3 is 10.2 Å². The van der Waals surface area contributed by atoms with Gasteiger partial charge in [0.25, 0.3) is 0 Å². The number of pyridine rings is 1. The van der Waals surface area contributed by atoms with E-state index in [1.807, 2.05) is 0 Å². The van der Waals surface area contributed by atoms with Gasteiger partial charge in [0.1, 0.15) is 5.82 Å². The minimum absolute atomic E-state index is 0.00607. The Kier molecular flexibility index (Phi) is 3.80. The zero-order chi connectivity index (χ0) is 14.9. The van der Waals surface area contributed by atoms with E-state index in [4.69, 9.17) is 0 Å². The highest BCUT2D eigenvalue weighted by Gasteiger charge is 2.33. The first kappa shape index (κ1) is 14.5. The van der Waals surface area contributed by atoms with Crippen molar-refractivity contribution in [3.8, 4) is 0 Å². The summed E-state index contributed by atoms with van der Waals surface area (Å²) in [7, 11) is 0.252. The highest BCUT2D eigenvalue weighted by atomic mass is 32.2. The molecule has 0 aromatic carbocycles. The second-order valence-corrected chi connectivity index (χ2v) is 6.94. The smallest absolute Gasteiger partial charge is 0.311 e. The van der Waals surface area contributed by atoms with Crippen LogP contribution in [0, 0.1) is 10.1 Å². The van der Waals surface area contributed by atoms with Crippen LogP contribution < -0.4 is 10.2 Å². The number of hydrogen-bond acceptors (Lipinski definition) is 7. The summed E-state index contributed by atoms with van der Waals surface area (Å²) < 4.78 is 23.1. The number of rotatable bonds is 4. The lowest BCUT2D eigenvalue weighted by atomic mass is 10.2.